The highest BCUT2D eigenvalue weighted by atomic mass is 35.5. The number of halogens is 3. The van der Waals surface area contributed by atoms with Crippen molar-refractivity contribution in [1.82, 2.24) is 14.9 Å². The maximum atomic E-state index is 13.2. The van der Waals surface area contributed by atoms with E-state index in [9.17, 15) is 4.79 Å². The Kier molecular flexibility index (Phi) is 5.88. The van der Waals surface area contributed by atoms with Crippen LogP contribution in [0.1, 0.15) is 11.4 Å². The summed E-state index contributed by atoms with van der Waals surface area (Å²) in [5.41, 5.74) is 2.15. The molecule has 0 aliphatic heterocycles. The van der Waals surface area contributed by atoms with Gasteiger partial charge in [-0.15, -0.1) is 0 Å². The second kappa shape index (κ2) is 8.56. The van der Waals surface area contributed by atoms with E-state index >= 15 is 0 Å². The highest BCUT2D eigenvalue weighted by molar-refractivity contribution is 6.35. The van der Waals surface area contributed by atoms with E-state index in [1.165, 1.54) is 0 Å². The molecule has 3 aromatic carbocycles. The van der Waals surface area contributed by atoms with Crippen molar-refractivity contribution in [2.24, 2.45) is 0 Å². The number of nitrogens with zero attached hydrogens (tertiary/aromatic N) is 2. The van der Waals surface area contributed by atoms with Gasteiger partial charge >= 0.3 is 0 Å². The van der Waals surface area contributed by atoms with Crippen molar-refractivity contribution in [3.05, 3.63) is 104 Å². The van der Waals surface area contributed by atoms with Crippen LogP contribution in [-0.4, -0.2) is 9.55 Å². The summed E-state index contributed by atoms with van der Waals surface area (Å²) >= 11 is 18.2. The van der Waals surface area contributed by atoms with Gasteiger partial charge in [-0.1, -0.05) is 53.0 Å². The molecule has 1 N–H and O–H groups in total. The van der Waals surface area contributed by atoms with Crippen LogP contribution in [-0.2, 0) is 13.1 Å². The molecular weight excluding hydrogens is 429 g/mol. The van der Waals surface area contributed by atoms with Crippen molar-refractivity contribution in [2.45, 2.75) is 13.1 Å². The Labute approximate surface area is 182 Å². The Morgan fingerprint density at radius 3 is 2.34 bits per heavy atom. The van der Waals surface area contributed by atoms with E-state index in [-0.39, 0.29) is 5.56 Å². The highest BCUT2D eigenvalue weighted by Gasteiger charge is 2.13. The molecular formula is C22H16Cl3N3O. The molecule has 0 aliphatic carbocycles. The van der Waals surface area contributed by atoms with Crippen LogP contribution in [0, 0.1) is 0 Å². The largest absolute Gasteiger partial charge is 0.306 e. The molecule has 0 unspecified atom stereocenters. The van der Waals surface area contributed by atoms with E-state index in [4.69, 9.17) is 39.8 Å². The van der Waals surface area contributed by atoms with Gasteiger partial charge in [-0.05, 0) is 54.1 Å². The van der Waals surface area contributed by atoms with Gasteiger partial charge in [0.1, 0.15) is 5.82 Å². The van der Waals surface area contributed by atoms with Crippen LogP contribution in [0.2, 0.25) is 15.1 Å². The van der Waals surface area contributed by atoms with E-state index in [1.807, 2.05) is 24.3 Å². The van der Waals surface area contributed by atoms with Crippen molar-refractivity contribution in [3.8, 4) is 5.69 Å². The minimum Gasteiger partial charge on any atom is -0.306 e. The van der Waals surface area contributed by atoms with Gasteiger partial charge in [0.15, 0.2) is 0 Å². The lowest BCUT2D eigenvalue weighted by Gasteiger charge is -2.15. The summed E-state index contributed by atoms with van der Waals surface area (Å²) in [5.74, 6) is 0.598. The zero-order valence-corrected chi connectivity index (χ0v) is 17.5. The summed E-state index contributed by atoms with van der Waals surface area (Å²) in [5, 5.41) is 5.66. The fraction of sp³-hybridized carbons (Fsp3) is 0.0909. The quantitative estimate of drug-likeness (QED) is 0.433. The van der Waals surface area contributed by atoms with Crippen LogP contribution in [0.4, 0.5) is 0 Å². The van der Waals surface area contributed by atoms with Gasteiger partial charge in [0.05, 0.1) is 23.1 Å². The summed E-state index contributed by atoms with van der Waals surface area (Å²) < 4.78 is 1.61. The molecule has 146 valence electrons. The van der Waals surface area contributed by atoms with Gasteiger partial charge in [0, 0.05) is 21.6 Å². The monoisotopic (exact) mass is 443 g/mol. The number of aromatic nitrogens is 2. The highest BCUT2D eigenvalue weighted by Crippen LogP contribution is 2.21. The lowest BCUT2D eigenvalue weighted by atomic mass is 10.2. The van der Waals surface area contributed by atoms with Crippen molar-refractivity contribution < 1.29 is 0 Å². The van der Waals surface area contributed by atoms with Crippen LogP contribution in [0.15, 0.2) is 71.5 Å². The maximum absolute atomic E-state index is 13.2. The average Bonchev–Trinajstić information content (AvgIpc) is 2.71. The third kappa shape index (κ3) is 4.31. The zero-order valence-electron chi connectivity index (χ0n) is 15.2. The summed E-state index contributed by atoms with van der Waals surface area (Å²) in [4.78, 5) is 17.9. The third-order valence-corrected chi connectivity index (χ3v) is 5.38. The Bertz CT molecular complexity index is 1240. The number of hydrogen-bond donors (Lipinski definition) is 1. The smallest absolute Gasteiger partial charge is 0.266 e. The molecule has 0 aliphatic rings. The maximum Gasteiger partial charge on any atom is 0.266 e. The minimum absolute atomic E-state index is 0.126. The predicted octanol–water partition coefficient (Wildman–Crippen LogP) is 5.64. The zero-order chi connectivity index (χ0) is 20.4. The molecule has 7 heteroatoms. The first-order valence-electron chi connectivity index (χ1n) is 8.94. The summed E-state index contributed by atoms with van der Waals surface area (Å²) in [6.45, 7) is 0.890. The van der Waals surface area contributed by atoms with E-state index < -0.39 is 0 Å². The number of rotatable bonds is 5. The Hall–Kier alpha value is -2.37. The lowest BCUT2D eigenvalue weighted by Crippen LogP contribution is -2.27. The summed E-state index contributed by atoms with van der Waals surface area (Å²) in [7, 11) is 0. The summed E-state index contributed by atoms with van der Waals surface area (Å²) in [6.07, 6.45) is 0. The number of benzene rings is 3. The fourth-order valence-electron chi connectivity index (χ4n) is 3.13. The molecule has 0 atom stereocenters. The number of nitrogens with one attached hydrogen (secondary N) is 1. The van der Waals surface area contributed by atoms with E-state index in [0.29, 0.717) is 50.6 Å². The molecule has 0 saturated carbocycles. The second-order valence-corrected chi connectivity index (χ2v) is 7.78. The molecule has 4 rings (SSSR count). The van der Waals surface area contributed by atoms with Crippen molar-refractivity contribution >= 4 is 45.7 Å². The van der Waals surface area contributed by atoms with E-state index in [2.05, 4.69) is 5.32 Å². The number of fused-ring (bicyclic) bond motifs is 1. The van der Waals surface area contributed by atoms with Crippen LogP contribution in [0.5, 0.6) is 0 Å². The van der Waals surface area contributed by atoms with Gasteiger partial charge in [0.25, 0.3) is 5.56 Å². The fourth-order valence-corrected chi connectivity index (χ4v) is 3.73. The van der Waals surface area contributed by atoms with Crippen LogP contribution in [0.3, 0.4) is 0 Å². The van der Waals surface area contributed by atoms with Gasteiger partial charge in [-0.25, -0.2) is 4.98 Å². The minimum atomic E-state index is -0.126. The Morgan fingerprint density at radius 2 is 1.59 bits per heavy atom. The third-order valence-electron chi connectivity index (χ3n) is 4.54. The van der Waals surface area contributed by atoms with Crippen molar-refractivity contribution in [3.63, 3.8) is 0 Å². The molecule has 4 aromatic rings. The first kappa shape index (κ1) is 19.9. The molecule has 1 heterocycles. The second-order valence-electron chi connectivity index (χ2n) is 6.50. The van der Waals surface area contributed by atoms with Crippen LogP contribution in [0.25, 0.3) is 16.6 Å². The molecule has 0 spiro atoms. The number of hydrogen-bond acceptors (Lipinski definition) is 3. The summed E-state index contributed by atoms with van der Waals surface area (Å²) in [6, 6.07) is 19.8. The van der Waals surface area contributed by atoms with E-state index in [1.54, 1.807) is 47.0 Å². The van der Waals surface area contributed by atoms with Gasteiger partial charge in [-0.2, -0.15) is 0 Å². The number of para-hydroxylation sites is 1. The Morgan fingerprint density at radius 1 is 0.862 bits per heavy atom. The van der Waals surface area contributed by atoms with Crippen molar-refractivity contribution in [1.29, 1.82) is 0 Å². The molecule has 0 radical (unpaired) electrons. The molecule has 4 nitrogen and oxygen atoms in total. The van der Waals surface area contributed by atoms with Gasteiger partial charge in [-0.3, -0.25) is 9.36 Å². The standard InChI is InChI=1S/C22H16Cl3N3O/c23-15-7-9-17(10-8-15)28-21(27-20-4-2-1-3-18(20)22(28)29)13-26-12-14-5-6-16(24)11-19(14)25/h1-11,26H,12-13H2. The Balaban J connectivity index is 1.71. The average molecular weight is 445 g/mol. The molecule has 1 aromatic heterocycles. The topological polar surface area (TPSA) is 46.9 Å². The van der Waals surface area contributed by atoms with E-state index in [0.717, 1.165) is 5.56 Å². The predicted molar refractivity (Wildman–Crippen MR) is 119 cm³/mol. The molecule has 0 bridgehead atoms. The van der Waals surface area contributed by atoms with Gasteiger partial charge in [0.2, 0.25) is 0 Å². The van der Waals surface area contributed by atoms with Crippen LogP contribution >= 0.6 is 34.8 Å². The lowest BCUT2D eigenvalue weighted by molar-refractivity contribution is 0.643. The first-order valence-corrected chi connectivity index (χ1v) is 10.1. The molecule has 0 fully saturated rings. The van der Waals surface area contributed by atoms with Crippen molar-refractivity contribution in [2.75, 3.05) is 0 Å². The normalized spacial score (nSPS) is 11.1. The SMILES string of the molecule is O=c1c2ccccc2nc(CNCc2ccc(Cl)cc2Cl)n1-c1ccc(Cl)cc1. The van der Waals surface area contributed by atoms with Gasteiger partial charge < -0.3 is 5.32 Å². The first-order chi connectivity index (χ1) is 14.0. The van der Waals surface area contributed by atoms with Crippen LogP contribution < -0.4 is 10.9 Å². The molecule has 0 amide bonds. The molecule has 0 saturated heterocycles. The molecule has 29 heavy (non-hydrogen) atoms.